The lowest BCUT2D eigenvalue weighted by atomic mass is 10.0. The molecule has 2 N–H and O–H groups in total. The van der Waals surface area contributed by atoms with Gasteiger partial charge in [0.1, 0.15) is 11.5 Å². The van der Waals surface area contributed by atoms with Crippen LogP contribution in [0.2, 0.25) is 0 Å². The molecular weight excluding hydrogens is 507 g/mol. The molecule has 1 aromatic carbocycles. The number of aliphatic imine (C=N–C) groups is 1. The molecule has 0 radical (unpaired) electrons. The van der Waals surface area contributed by atoms with E-state index < -0.39 is 0 Å². The predicted molar refractivity (Wildman–Crippen MR) is 137 cm³/mol. The van der Waals surface area contributed by atoms with Crippen molar-refractivity contribution >= 4 is 35.6 Å². The summed E-state index contributed by atoms with van der Waals surface area (Å²) in [5, 5.41) is 7.08. The van der Waals surface area contributed by atoms with Gasteiger partial charge >= 0.3 is 0 Å². The number of guanidine groups is 1. The number of nitrogens with one attached hydrogen (secondary N) is 2. The Morgan fingerprint density at radius 1 is 1.10 bits per heavy atom. The maximum absolute atomic E-state index is 5.42. The molecule has 0 amide bonds. The Kier molecular flexibility index (Phi) is 10.5. The first-order valence-electron chi connectivity index (χ1n) is 11.1. The summed E-state index contributed by atoms with van der Waals surface area (Å²) >= 11 is 0. The molecule has 2 aliphatic rings. The van der Waals surface area contributed by atoms with Gasteiger partial charge < -0.3 is 29.7 Å². The van der Waals surface area contributed by atoms with E-state index in [1.807, 2.05) is 6.07 Å². The highest BCUT2D eigenvalue weighted by atomic mass is 127. The first kappa shape index (κ1) is 25.8. The molecule has 2 fully saturated rings. The van der Waals surface area contributed by atoms with E-state index >= 15 is 0 Å². The molecule has 1 heterocycles. The van der Waals surface area contributed by atoms with Crippen molar-refractivity contribution in [1.29, 1.82) is 0 Å². The van der Waals surface area contributed by atoms with Crippen molar-refractivity contribution in [2.24, 2.45) is 10.4 Å². The zero-order valence-electron chi connectivity index (χ0n) is 19.4. The molecule has 0 atom stereocenters. The van der Waals surface area contributed by atoms with Crippen LogP contribution in [-0.4, -0.2) is 66.1 Å². The van der Waals surface area contributed by atoms with Crippen LogP contribution in [0.25, 0.3) is 0 Å². The fraction of sp³-hybridized carbons (Fsp3) is 0.696. The fourth-order valence-electron chi connectivity index (χ4n) is 4.00. The topological polar surface area (TPSA) is 67.4 Å². The van der Waals surface area contributed by atoms with E-state index in [1.165, 1.54) is 12.8 Å². The average Bonchev–Trinajstić information content (AvgIpc) is 3.56. The lowest BCUT2D eigenvalue weighted by Crippen LogP contribution is -2.49. The number of nitrogens with zero attached hydrogens (tertiary/aromatic N) is 2. The molecule has 1 aliphatic carbocycles. The highest BCUT2D eigenvalue weighted by molar-refractivity contribution is 14.0. The van der Waals surface area contributed by atoms with Crippen LogP contribution in [0.15, 0.2) is 23.2 Å². The van der Waals surface area contributed by atoms with E-state index in [9.17, 15) is 0 Å². The van der Waals surface area contributed by atoms with Crippen LogP contribution in [0, 0.1) is 5.41 Å². The number of anilines is 1. The minimum atomic E-state index is 0. The largest absolute Gasteiger partial charge is 0.497 e. The Bertz CT molecular complexity index is 682. The Morgan fingerprint density at radius 2 is 1.74 bits per heavy atom. The lowest BCUT2D eigenvalue weighted by molar-refractivity contribution is 0.174. The molecule has 176 valence electrons. The third kappa shape index (κ3) is 7.59. The number of ether oxygens (including phenoxy) is 3. The molecule has 0 spiro atoms. The summed E-state index contributed by atoms with van der Waals surface area (Å²) in [6.45, 7) is 6.69. The Balaban J connectivity index is 0.00000341. The normalized spacial score (nSPS) is 18.2. The Hall–Kier alpha value is -1.42. The third-order valence-corrected chi connectivity index (χ3v) is 6.25. The summed E-state index contributed by atoms with van der Waals surface area (Å²) < 4.78 is 16.1. The van der Waals surface area contributed by atoms with Crippen molar-refractivity contribution in [3.05, 3.63) is 18.2 Å². The summed E-state index contributed by atoms with van der Waals surface area (Å²) in [6, 6.07) is 6.50. The number of hydrogen-bond donors (Lipinski definition) is 2. The highest BCUT2D eigenvalue weighted by Gasteiger charge is 2.41. The first-order valence-corrected chi connectivity index (χ1v) is 11.1. The quantitative estimate of drug-likeness (QED) is 0.265. The summed E-state index contributed by atoms with van der Waals surface area (Å²) in [7, 11) is 5.16. The molecule has 31 heavy (non-hydrogen) atoms. The molecule has 3 rings (SSSR count). The Labute approximate surface area is 204 Å². The van der Waals surface area contributed by atoms with Crippen molar-refractivity contribution in [1.82, 2.24) is 10.6 Å². The van der Waals surface area contributed by atoms with E-state index in [-0.39, 0.29) is 24.0 Å². The molecular formula is C23H39IN4O3. The standard InChI is InChI=1S/C23H38N4O3.HI/c1-5-24-22(25-17-23(8-9-23)10-13-28-2)26-18-6-11-27(12-7-18)19-14-20(29-3)16-21(15-19)30-4;/h14-16,18H,5-13,17H2,1-4H3,(H2,24,25,26);1H. The van der Waals surface area contributed by atoms with E-state index in [2.05, 4.69) is 34.6 Å². The van der Waals surface area contributed by atoms with Crippen molar-refractivity contribution in [2.45, 2.75) is 45.1 Å². The zero-order chi connectivity index (χ0) is 21.4. The van der Waals surface area contributed by atoms with Gasteiger partial charge in [0.05, 0.1) is 14.2 Å². The number of methoxy groups -OCH3 is 3. The SMILES string of the molecule is CCNC(=NCC1(CCOC)CC1)NC1CCN(c2cc(OC)cc(OC)c2)CC1.I. The van der Waals surface area contributed by atoms with E-state index in [4.69, 9.17) is 19.2 Å². The molecule has 1 saturated carbocycles. The number of halogens is 1. The van der Waals surface area contributed by atoms with E-state index in [1.54, 1.807) is 21.3 Å². The molecule has 1 aromatic rings. The van der Waals surface area contributed by atoms with Gasteiger partial charge in [-0.25, -0.2) is 0 Å². The van der Waals surface area contributed by atoms with Gasteiger partial charge in [0.2, 0.25) is 0 Å². The van der Waals surface area contributed by atoms with Crippen LogP contribution in [0.5, 0.6) is 11.5 Å². The minimum Gasteiger partial charge on any atom is -0.497 e. The van der Waals surface area contributed by atoms with Gasteiger partial charge in [0.15, 0.2) is 5.96 Å². The van der Waals surface area contributed by atoms with Gasteiger partial charge in [-0.2, -0.15) is 0 Å². The van der Waals surface area contributed by atoms with Crippen LogP contribution >= 0.6 is 24.0 Å². The maximum Gasteiger partial charge on any atom is 0.191 e. The van der Waals surface area contributed by atoms with Gasteiger partial charge in [0.25, 0.3) is 0 Å². The molecule has 1 aliphatic heterocycles. The van der Waals surface area contributed by atoms with Crippen molar-refractivity contribution < 1.29 is 14.2 Å². The van der Waals surface area contributed by atoms with Crippen LogP contribution in [0.4, 0.5) is 5.69 Å². The van der Waals surface area contributed by atoms with Crippen LogP contribution in [0.1, 0.15) is 39.0 Å². The number of benzene rings is 1. The summed E-state index contributed by atoms with van der Waals surface area (Å²) in [4.78, 5) is 7.31. The van der Waals surface area contributed by atoms with E-state index in [0.29, 0.717) is 11.5 Å². The summed E-state index contributed by atoms with van der Waals surface area (Å²) in [6.07, 6.45) is 5.77. The van der Waals surface area contributed by atoms with Gasteiger partial charge in [-0.05, 0) is 44.4 Å². The second kappa shape index (κ2) is 12.6. The molecule has 7 nitrogen and oxygen atoms in total. The van der Waals surface area contributed by atoms with Crippen molar-refractivity contribution in [2.75, 3.05) is 59.0 Å². The fourth-order valence-corrected chi connectivity index (χ4v) is 4.00. The van der Waals surface area contributed by atoms with Crippen LogP contribution in [0.3, 0.4) is 0 Å². The van der Waals surface area contributed by atoms with Crippen LogP contribution < -0.4 is 25.0 Å². The maximum atomic E-state index is 5.42. The summed E-state index contributed by atoms with van der Waals surface area (Å²) in [5.74, 6) is 2.60. The second-order valence-electron chi connectivity index (χ2n) is 8.41. The monoisotopic (exact) mass is 546 g/mol. The molecule has 1 saturated heterocycles. The molecule has 0 bridgehead atoms. The Morgan fingerprint density at radius 3 is 2.26 bits per heavy atom. The second-order valence-corrected chi connectivity index (χ2v) is 8.41. The van der Waals surface area contributed by atoms with Crippen molar-refractivity contribution in [3.63, 3.8) is 0 Å². The number of piperidine rings is 1. The number of hydrogen-bond acceptors (Lipinski definition) is 5. The third-order valence-electron chi connectivity index (χ3n) is 6.25. The first-order chi connectivity index (χ1) is 14.6. The molecule has 0 aromatic heterocycles. The smallest absolute Gasteiger partial charge is 0.191 e. The van der Waals surface area contributed by atoms with Gasteiger partial charge in [0, 0.05) is 69.8 Å². The van der Waals surface area contributed by atoms with Gasteiger partial charge in [-0.3, -0.25) is 4.99 Å². The highest BCUT2D eigenvalue weighted by Crippen LogP contribution is 2.49. The van der Waals surface area contributed by atoms with E-state index in [0.717, 1.165) is 75.2 Å². The van der Waals surface area contributed by atoms with Gasteiger partial charge in [-0.15, -0.1) is 24.0 Å². The predicted octanol–water partition coefficient (Wildman–Crippen LogP) is 3.66. The molecule has 0 unspecified atom stereocenters. The van der Waals surface area contributed by atoms with Crippen LogP contribution in [-0.2, 0) is 4.74 Å². The summed E-state index contributed by atoms with van der Waals surface area (Å²) in [5.41, 5.74) is 1.52. The van der Waals surface area contributed by atoms with Crippen molar-refractivity contribution in [3.8, 4) is 11.5 Å². The molecule has 8 heteroatoms. The zero-order valence-corrected chi connectivity index (χ0v) is 21.7. The number of rotatable bonds is 10. The minimum absolute atomic E-state index is 0. The lowest BCUT2D eigenvalue weighted by Gasteiger charge is -2.35. The van der Waals surface area contributed by atoms with Gasteiger partial charge in [-0.1, -0.05) is 0 Å². The average molecular weight is 546 g/mol.